The van der Waals surface area contributed by atoms with E-state index in [-0.39, 0.29) is 5.91 Å². The Kier molecular flexibility index (Phi) is 5.08. The highest BCUT2D eigenvalue weighted by Gasteiger charge is 2.18. The largest absolute Gasteiger partial charge is 0.342 e. The second kappa shape index (κ2) is 7.42. The van der Waals surface area contributed by atoms with Gasteiger partial charge in [-0.2, -0.15) is 5.10 Å². The molecule has 0 unspecified atom stereocenters. The van der Waals surface area contributed by atoms with Gasteiger partial charge in [0.15, 0.2) is 0 Å². The second-order valence-corrected chi connectivity index (χ2v) is 6.24. The zero-order chi connectivity index (χ0) is 16.1. The molecule has 1 aliphatic heterocycles. The van der Waals surface area contributed by atoms with E-state index in [1.54, 1.807) is 0 Å². The minimum Gasteiger partial charge on any atom is -0.342 e. The smallest absolute Gasteiger partial charge is 0.236 e. The van der Waals surface area contributed by atoms with Crippen molar-refractivity contribution in [3.63, 3.8) is 0 Å². The monoisotopic (exact) mass is 312 g/mol. The molecule has 0 radical (unpaired) electrons. The number of likely N-dealkylation sites (tertiary alicyclic amines) is 1. The maximum atomic E-state index is 12.3. The molecule has 0 aliphatic carbocycles. The van der Waals surface area contributed by atoms with Crippen LogP contribution in [0.15, 0.2) is 42.7 Å². The second-order valence-electron chi connectivity index (χ2n) is 6.24. The van der Waals surface area contributed by atoms with Crippen molar-refractivity contribution in [3.05, 3.63) is 48.3 Å². The van der Waals surface area contributed by atoms with E-state index in [1.165, 1.54) is 6.42 Å². The van der Waals surface area contributed by atoms with Crippen molar-refractivity contribution in [2.24, 2.45) is 0 Å². The molecule has 1 aromatic heterocycles. The molecule has 1 fully saturated rings. The highest BCUT2D eigenvalue weighted by Crippen LogP contribution is 2.11. The molecule has 1 saturated heterocycles. The summed E-state index contributed by atoms with van der Waals surface area (Å²) in [6.07, 6.45) is 7.42. The van der Waals surface area contributed by atoms with Crippen LogP contribution in [0.5, 0.6) is 0 Å². The predicted molar refractivity (Wildman–Crippen MR) is 90.3 cm³/mol. The molecule has 0 saturated carbocycles. The lowest BCUT2D eigenvalue weighted by Gasteiger charge is -2.28. The Bertz CT molecular complexity index is 631. The van der Waals surface area contributed by atoms with Crippen LogP contribution in [0.2, 0.25) is 0 Å². The Balaban J connectivity index is 1.54. The van der Waals surface area contributed by atoms with Crippen molar-refractivity contribution in [3.8, 4) is 5.69 Å². The van der Waals surface area contributed by atoms with E-state index in [9.17, 15) is 4.79 Å². The number of piperidine rings is 1. The maximum Gasteiger partial charge on any atom is 0.236 e. The molecule has 23 heavy (non-hydrogen) atoms. The molecule has 1 amide bonds. The lowest BCUT2D eigenvalue weighted by atomic mass is 10.1. The summed E-state index contributed by atoms with van der Waals surface area (Å²) >= 11 is 0. The first kappa shape index (κ1) is 15.7. The Hall–Kier alpha value is -2.14. The van der Waals surface area contributed by atoms with Crippen molar-refractivity contribution >= 4 is 5.91 Å². The molecule has 0 atom stereocenters. The van der Waals surface area contributed by atoms with Gasteiger partial charge in [-0.3, -0.25) is 9.69 Å². The topological polar surface area (TPSA) is 41.4 Å². The van der Waals surface area contributed by atoms with Gasteiger partial charge in [-0.25, -0.2) is 4.68 Å². The van der Waals surface area contributed by atoms with Gasteiger partial charge in [0.1, 0.15) is 0 Å². The lowest BCUT2D eigenvalue weighted by Crippen LogP contribution is -2.41. The van der Waals surface area contributed by atoms with E-state index in [2.05, 4.69) is 10.00 Å². The van der Waals surface area contributed by atoms with E-state index in [4.69, 9.17) is 0 Å². The molecule has 1 aliphatic rings. The molecule has 3 rings (SSSR count). The lowest BCUT2D eigenvalue weighted by molar-refractivity contribution is -0.133. The van der Waals surface area contributed by atoms with Crippen LogP contribution in [0.1, 0.15) is 24.8 Å². The predicted octanol–water partition coefficient (Wildman–Crippen LogP) is 2.32. The van der Waals surface area contributed by atoms with E-state index < -0.39 is 0 Å². The zero-order valence-electron chi connectivity index (χ0n) is 13.7. The summed E-state index contributed by atoms with van der Waals surface area (Å²) in [7, 11) is 1.99. The van der Waals surface area contributed by atoms with Crippen LogP contribution in [0.4, 0.5) is 0 Å². The summed E-state index contributed by atoms with van der Waals surface area (Å²) in [6.45, 7) is 3.03. The number of carbonyl (C=O) groups excluding carboxylic acids is 1. The molecule has 5 heteroatoms. The van der Waals surface area contributed by atoms with Gasteiger partial charge >= 0.3 is 0 Å². The number of hydrogen-bond acceptors (Lipinski definition) is 3. The Morgan fingerprint density at radius 1 is 1.17 bits per heavy atom. The van der Waals surface area contributed by atoms with Crippen LogP contribution in [-0.2, 0) is 11.3 Å². The summed E-state index contributed by atoms with van der Waals surface area (Å²) in [4.78, 5) is 16.3. The summed E-state index contributed by atoms with van der Waals surface area (Å²) in [5.74, 6) is 0.239. The average Bonchev–Trinajstić information content (AvgIpc) is 3.04. The third kappa shape index (κ3) is 4.20. The van der Waals surface area contributed by atoms with Crippen LogP contribution in [0.3, 0.4) is 0 Å². The molecular formula is C18H24N4O. The maximum absolute atomic E-state index is 12.3. The quantitative estimate of drug-likeness (QED) is 0.851. The molecular weight excluding hydrogens is 288 g/mol. The normalized spacial score (nSPS) is 15.1. The van der Waals surface area contributed by atoms with Crippen molar-refractivity contribution in [2.45, 2.75) is 25.8 Å². The molecule has 2 heterocycles. The molecule has 0 N–H and O–H groups in total. The van der Waals surface area contributed by atoms with Crippen LogP contribution < -0.4 is 0 Å². The number of amides is 1. The number of carbonyl (C=O) groups is 1. The SMILES string of the molecule is CN(CC(=O)N1CCCCC1)Cc1cnn(-c2ccccc2)c1. The van der Waals surface area contributed by atoms with Crippen molar-refractivity contribution in [1.82, 2.24) is 19.6 Å². The van der Waals surface area contributed by atoms with Crippen LogP contribution >= 0.6 is 0 Å². The van der Waals surface area contributed by atoms with Gasteiger partial charge in [-0.05, 0) is 38.4 Å². The summed E-state index contributed by atoms with van der Waals surface area (Å²) in [5, 5.41) is 4.40. The number of hydrogen-bond donors (Lipinski definition) is 0. The van der Waals surface area contributed by atoms with Crippen molar-refractivity contribution < 1.29 is 4.79 Å². The first-order chi connectivity index (χ1) is 11.2. The number of aromatic nitrogens is 2. The molecule has 122 valence electrons. The third-order valence-electron chi connectivity index (χ3n) is 4.22. The van der Waals surface area contributed by atoms with E-state index in [0.717, 1.165) is 43.7 Å². The molecule has 0 bridgehead atoms. The number of likely N-dealkylation sites (N-methyl/N-ethyl adjacent to an activating group) is 1. The van der Waals surface area contributed by atoms with Gasteiger partial charge in [-0.1, -0.05) is 18.2 Å². The van der Waals surface area contributed by atoms with Gasteiger partial charge in [0, 0.05) is 31.4 Å². The van der Waals surface area contributed by atoms with Gasteiger partial charge in [0.2, 0.25) is 5.91 Å². The first-order valence-corrected chi connectivity index (χ1v) is 8.28. The number of rotatable bonds is 5. The van der Waals surface area contributed by atoms with Crippen molar-refractivity contribution in [2.75, 3.05) is 26.7 Å². The van der Waals surface area contributed by atoms with Gasteiger partial charge < -0.3 is 4.90 Å². The van der Waals surface area contributed by atoms with Gasteiger partial charge in [-0.15, -0.1) is 0 Å². The van der Waals surface area contributed by atoms with E-state index in [0.29, 0.717) is 6.54 Å². The molecule has 5 nitrogen and oxygen atoms in total. The van der Waals surface area contributed by atoms with Gasteiger partial charge in [0.05, 0.1) is 18.4 Å². The van der Waals surface area contributed by atoms with Gasteiger partial charge in [0.25, 0.3) is 0 Å². The van der Waals surface area contributed by atoms with Crippen LogP contribution in [-0.4, -0.2) is 52.2 Å². The fraction of sp³-hybridized carbons (Fsp3) is 0.444. The highest BCUT2D eigenvalue weighted by atomic mass is 16.2. The Morgan fingerprint density at radius 2 is 1.91 bits per heavy atom. The summed E-state index contributed by atoms with van der Waals surface area (Å²) in [5.41, 5.74) is 2.16. The fourth-order valence-corrected chi connectivity index (χ4v) is 3.01. The average molecular weight is 312 g/mol. The minimum atomic E-state index is 0.239. The fourth-order valence-electron chi connectivity index (χ4n) is 3.01. The van der Waals surface area contributed by atoms with Crippen molar-refractivity contribution in [1.29, 1.82) is 0 Å². The van der Waals surface area contributed by atoms with Crippen LogP contribution in [0.25, 0.3) is 5.69 Å². The Labute approximate surface area is 137 Å². The molecule has 2 aromatic rings. The number of para-hydroxylation sites is 1. The number of nitrogens with zero attached hydrogens (tertiary/aromatic N) is 4. The molecule has 1 aromatic carbocycles. The van der Waals surface area contributed by atoms with Crippen LogP contribution in [0, 0.1) is 0 Å². The number of benzene rings is 1. The summed E-state index contributed by atoms with van der Waals surface area (Å²) < 4.78 is 1.87. The standard InChI is InChI=1S/C18H24N4O/c1-20(15-18(23)21-10-6-3-7-11-21)13-16-12-19-22(14-16)17-8-4-2-5-9-17/h2,4-5,8-9,12,14H,3,6-7,10-11,13,15H2,1H3. The zero-order valence-corrected chi connectivity index (χ0v) is 13.7. The third-order valence-corrected chi connectivity index (χ3v) is 4.22. The summed E-state index contributed by atoms with van der Waals surface area (Å²) in [6, 6.07) is 10.1. The van der Waals surface area contributed by atoms with E-state index >= 15 is 0 Å². The van der Waals surface area contributed by atoms with E-state index in [1.807, 2.05) is 59.4 Å². The Morgan fingerprint density at radius 3 is 2.65 bits per heavy atom. The first-order valence-electron chi connectivity index (χ1n) is 8.28. The molecule has 0 spiro atoms. The minimum absolute atomic E-state index is 0.239. The highest BCUT2D eigenvalue weighted by molar-refractivity contribution is 5.78.